The molecule has 2 aliphatic rings. The Bertz CT molecular complexity index is 1110. The van der Waals surface area contributed by atoms with Crippen LogP contribution in [-0.4, -0.2) is 56.3 Å². The van der Waals surface area contributed by atoms with Gasteiger partial charge in [-0.3, -0.25) is 4.79 Å². The van der Waals surface area contributed by atoms with Crippen LogP contribution in [0.25, 0.3) is 0 Å². The highest BCUT2D eigenvalue weighted by atomic mass is 35.5. The zero-order valence-electron chi connectivity index (χ0n) is 19.1. The summed E-state index contributed by atoms with van der Waals surface area (Å²) in [6.45, 7) is 2.12. The molecule has 6 nitrogen and oxygen atoms in total. The molecule has 0 aromatic heterocycles. The average molecular weight is 509 g/mol. The van der Waals surface area contributed by atoms with E-state index in [2.05, 4.69) is 0 Å². The van der Waals surface area contributed by atoms with Crippen molar-refractivity contribution < 1.29 is 22.3 Å². The third-order valence-corrected chi connectivity index (χ3v) is 8.75. The molecule has 2 aromatic rings. The van der Waals surface area contributed by atoms with E-state index in [-0.39, 0.29) is 30.4 Å². The Morgan fingerprint density at radius 2 is 1.76 bits per heavy atom. The van der Waals surface area contributed by atoms with Crippen molar-refractivity contribution in [1.29, 1.82) is 0 Å². The summed E-state index contributed by atoms with van der Waals surface area (Å²) in [7, 11) is -3.91. The van der Waals surface area contributed by atoms with Gasteiger partial charge in [-0.25, -0.2) is 12.8 Å². The summed E-state index contributed by atoms with van der Waals surface area (Å²) in [6.07, 6.45) is 4.55. The number of halogens is 2. The number of benzene rings is 2. The van der Waals surface area contributed by atoms with Gasteiger partial charge in [0.1, 0.15) is 11.6 Å². The number of sulfonamides is 1. The van der Waals surface area contributed by atoms with E-state index in [0.717, 1.165) is 38.4 Å². The molecule has 2 aromatic carbocycles. The number of rotatable bonds is 7. The minimum Gasteiger partial charge on any atom is -0.493 e. The van der Waals surface area contributed by atoms with Crippen molar-refractivity contribution >= 4 is 27.5 Å². The van der Waals surface area contributed by atoms with Gasteiger partial charge in [0, 0.05) is 43.0 Å². The van der Waals surface area contributed by atoms with Gasteiger partial charge in [-0.05, 0) is 74.6 Å². The maximum absolute atomic E-state index is 13.8. The summed E-state index contributed by atoms with van der Waals surface area (Å²) < 4.78 is 47.9. The predicted molar refractivity (Wildman–Crippen MR) is 129 cm³/mol. The maximum Gasteiger partial charge on any atom is 0.243 e. The Kier molecular flexibility index (Phi) is 7.80. The van der Waals surface area contributed by atoms with Crippen LogP contribution in [0.2, 0.25) is 5.02 Å². The van der Waals surface area contributed by atoms with E-state index in [1.54, 1.807) is 24.3 Å². The molecular formula is C25H30ClFN2O4S. The fourth-order valence-electron chi connectivity index (χ4n) is 4.80. The van der Waals surface area contributed by atoms with E-state index in [0.29, 0.717) is 30.2 Å². The van der Waals surface area contributed by atoms with Crippen LogP contribution < -0.4 is 4.74 Å². The lowest BCUT2D eigenvalue weighted by molar-refractivity contribution is -0.136. The second-order valence-corrected chi connectivity index (χ2v) is 11.6. The van der Waals surface area contributed by atoms with Crippen LogP contribution in [0, 0.1) is 11.2 Å². The molecule has 0 aliphatic carbocycles. The summed E-state index contributed by atoms with van der Waals surface area (Å²) in [4.78, 5) is 15.0. The maximum atomic E-state index is 13.8. The van der Waals surface area contributed by atoms with Crippen LogP contribution in [0.1, 0.15) is 38.5 Å². The van der Waals surface area contributed by atoms with E-state index >= 15 is 0 Å². The third-order valence-electron chi connectivity index (χ3n) is 6.65. The molecular weight excluding hydrogens is 479 g/mol. The molecule has 2 fully saturated rings. The Morgan fingerprint density at radius 3 is 2.47 bits per heavy atom. The van der Waals surface area contributed by atoms with Crippen molar-refractivity contribution in [3.8, 4) is 5.75 Å². The molecule has 9 heteroatoms. The second-order valence-electron chi connectivity index (χ2n) is 9.26. The van der Waals surface area contributed by atoms with Gasteiger partial charge in [0.2, 0.25) is 15.9 Å². The summed E-state index contributed by atoms with van der Waals surface area (Å²) in [5.74, 6) is 0.0411. The highest BCUT2D eigenvalue weighted by Gasteiger charge is 2.43. The Hall–Kier alpha value is -2.16. The number of amides is 1. The number of hydrogen-bond donors (Lipinski definition) is 0. The van der Waals surface area contributed by atoms with Gasteiger partial charge < -0.3 is 9.64 Å². The van der Waals surface area contributed by atoms with Gasteiger partial charge in [-0.2, -0.15) is 4.31 Å². The van der Waals surface area contributed by atoms with Crippen molar-refractivity contribution in [3.05, 3.63) is 59.4 Å². The standard InChI is InChI=1S/C25H30ClFN2O4S/c26-20-8-10-22(11-9-20)33-19-25(17-24(30)28-13-2-1-3-14-28)12-5-15-29(18-25)34(31,32)23-7-4-6-21(27)16-23/h4,6-11,16H,1-3,5,12-15,17-19H2/t25-/m1/s1. The van der Waals surface area contributed by atoms with Gasteiger partial charge in [0.15, 0.2) is 0 Å². The molecule has 0 N–H and O–H groups in total. The first-order valence-electron chi connectivity index (χ1n) is 11.7. The minimum absolute atomic E-state index is 0.0319. The monoisotopic (exact) mass is 508 g/mol. The van der Waals surface area contributed by atoms with E-state index in [1.807, 2.05) is 4.90 Å². The lowest BCUT2D eigenvalue weighted by atomic mass is 9.78. The first-order chi connectivity index (χ1) is 16.3. The number of piperidine rings is 2. The molecule has 0 unspecified atom stereocenters. The van der Waals surface area contributed by atoms with Crippen molar-refractivity contribution in [2.24, 2.45) is 5.41 Å². The number of hydrogen-bond acceptors (Lipinski definition) is 4. The molecule has 0 radical (unpaired) electrons. The molecule has 0 saturated carbocycles. The van der Waals surface area contributed by atoms with Crippen LogP contribution in [0.5, 0.6) is 5.75 Å². The van der Waals surface area contributed by atoms with Crippen LogP contribution in [0.3, 0.4) is 0 Å². The largest absolute Gasteiger partial charge is 0.493 e. The first kappa shape index (κ1) is 24.9. The van der Waals surface area contributed by atoms with Crippen molar-refractivity contribution in [3.63, 3.8) is 0 Å². The molecule has 2 saturated heterocycles. The van der Waals surface area contributed by atoms with E-state index in [9.17, 15) is 17.6 Å². The first-order valence-corrected chi connectivity index (χ1v) is 13.5. The molecule has 0 spiro atoms. The van der Waals surface area contributed by atoms with Crippen LogP contribution in [0.15, 0.2) is 53.4 Å². The normalized spacial score (nSPS) is 21.9. The van der Waals surface area contributed by atoms with Gasteiger partial charge in [-0.1, -0.05) is 17.7 Å². The highest BCUT2D eigenvalue weighted by molar-refractivity contribution is 7.89. The number of ether oxygens (including phenoxy) is 1. The Balaban J connectivity index is 1.58. The number of likely N-dealkylation sites (tertiary alicyclic amines) is 1. The lowest BCUT2D eigenvalue weighted by Gasteiger charge is -2.42. The molecule has 1 amide bonds. The van der Waals surface area contributed by atoms with Crippen molar-refractivity contribution in [2.45, 2.75) is 43.4 Å². The summed E-state index contributed by atoms with van der Waals surface area (Å²) in [5, 5.41) is 0.590. The van der Waals surface area contributed by atoms with Gasteiger partial charge >= 0.3 is 0 Å². The number of carbonyl (C=O) groups excluding carboxylic acids is 1. The topological polar surface area (TPSA) is 66.9 Å². The van der Waals surface area contributed by atoms with Crippen LogP contribution in [0.4, 0.5) is 4.39 Å². The summed E-state index contributed by atoms with van der Waals surface area (Å²) >= 11 is 5.98. The van der Waals surface area contributed by atoms with E-state index < -0.39 is 21.3 Å². The number of nitrogens with zero attached hydrogens (tertiary/aromatic N) is 2. The quantitative estimate of drug-likeness (QED) is 0.542. The average Bonchev–Trinajstić information content (AvgIpc) is 2.84. The zero-order chi connectivity index (χ0) is 24.2. The lowest BCUT2D eigenvalue weighted by Crippen LogP contribution is -2.51. The molecule has 4 rings (SSSR count). The zero-order valence-corrected chi connectivity index (χ0v) is 20.7. The minimum atomic E-state index is -3.91. The van der Waals surface area contributed by atoms with E-state index in [1.165, 1.54) is 22.5 Å². The third kappa shape index (κ3) is 5.90. The highest BCUT2D eigenvalue weighted by Crippen LogP contribution is 2.38. The molecule has 1 atom stereocenters. The van der Waals surface area contributed by atoms with Gasteiger partial charge in [0.25, 0.3) is 0 Å². The Labute approximate surface area is 205 Å². The molecule has 2 aliphatic heterocycles. The number of carbonyl (C=O) groups is 1. The second kappa shape index (κ2) is 10.6. The molecule has 34 heavy (non-hydrogen) atoms. The smallest absolute Gasteiger partial charge is 0.243 e. The van der Waals surface area contributed by atoms with Gasteiger partial charge in [-0.15, -0.1) is 0 Å². The van der Waals surface area contributed by atoms with Crippen LogP contribution in [-0.2, 0) is 14.8 Å². The van der Waals surface area contributed by atoms with E-state index in [4.69, 9.17) is 16.3 Å². The van der Waals surface area contributed by atoms with Crippen molar-refractivity contribution in [2.75, 3.05) is 32.8 Å². The fraction of sp³-hybridized carbons (Fsp3) is 0.480. The summed E-state index contributed by atoms with van der Waals surface area (Å²) in [5.41, 5.74) is -0.688. The fourth-order valence-corrected chi connectivity index (χ4v) is 6.55. The Morgan fingerprint density at radius 1 is 1.03 bits per heavy atom. The molecule has 0 bridgehead atoms. The summed E-state index contributed by atoms with van der Waals surface area (Å²) in [6, 6.07) is 12.0. The molecule has 2 heterocycles. The predicted octanol–water partition coefficient (Wildman–Crippen LogP) is 4.73. The SMILES string of the molecule is O=C(C[C@]1(COc2ccc(Cl)cc2)CCCN(S(=O)(=O)c2cccc(F)c2)C1)N1CCCCC1. The van der Waals surface area contributed by atoms with Crippen molar-refractivity contribution in [1.82, 2.24) is 9.21 Å². The van der Waals surface area contributed by atoms with Crippen LogP contribution >= 0.6 is 11.6 Å². The van der Waals surface area contributed by atoms with Gasteiger partial charge in [0.05, 0.1) is 11.5 Å². The molecule has 184 valence electrons.